The average Bonchev–Trinajstić information content (AvgIpc) is 2.18. The van der Waals surface area contributed by atoms with E-state index in [-0.39, 0.29) is 5.41 Å². The van der Waals surface area contributed by atoms with Crippen LogP contribution in [-0.2, 0) is 11.8 Å². The van der Waals surface area contributed by atoms with Gasteiger partial charge in [-0.15, -0.1) is 0 Å². The first-order valence-electron chi connectivity index (χ1n) is 4.71. The Labute approximate surface area is 99.3 Å². The summed E-state index contributed by atoms with van der Waals surface area (Å²) >= 11 is 2.33. The van der Waals surface area contributed by atoms with Gasteiger partial charge in [-0.2, -0.15) is 5.26 Å². The molecule has 1 rings (SSSR count). The van der Waals surface area contributed by atoms with Crippen molar-refractivity contribution in [2.45, 2.75) is 32.6 Å². The second-order valence-corrected chi connectivity index (χ2v) is 5.06. The summed E-state index contributed by atoms with van der Waals surface area (Å²) in [6.45, 7) is 6.05. The Morgan fingerprint density at radius 1 is 1.43 bits per heavy atom. The summed E-state index contributed by atoms with van der Waals surface area (Å²) < 4.78 is 1.28. The molecule has 0 unspecified atom stereocenters. The van der Waals surface area contributed by atoms with E-state index in [4.69, 9.17) is 5.26 Å². The topological polar surface area (TPSA) is 23.8 Å². The highest BCUT2D eigenvalue weighted by molar-refractivity contribution is 14.1. The van der Waals surface area contributed by atoms with Gasteiger partial charge in [-0.25, -0.2) is 0 Å². The molecule has 0 saturated heterocycles. The normalized spacial score (nSPS) is 11.1. The molecule has 0 bridgehead atoms. The van der Waals surface area contributed by atoms with Gasteiger partial charge in [-0.05, 0) is 60.1 Å². The minimum atomic E-state index is -0.381. The lowest BCUT2D eigenvalue weighted by Gasteiger charge is -2.17. The van der Waals surface area contributed by atoms with Crippen molar-refractivity contribution in [1.29, 1.82) is 5.26 Å². The van der Waals surface area contributed by atoms with Gasteiger partial charge >= 0.3 is 0 Å². The maximum Gasteiger partial charge on any atom is 0.0766 e. The molecule has 14 heavy (non-hydrogen) atoms. The quantitative estimate of drug-likeness (QED) is 0.765. The molecule has 0 N–H and O–H groups in total. The van der Waals surface area contributed by atoms with Crippen molar-refractivity contribution in [3.63, 3.8) is 0 Å². The molecule has 1 aromatic rings. The molecule has 0 aliphatic heterocycles. The highest BCUT2D eigenvalue weighted by atomic mass is 127. The van der Waals surface area contributed by atoms with Crippen LogP contribution >= 0.6 is 22.6 Å². The van der Waals surface area contributed by atoms with E-state index in [2.05, 4.69) is 47.7 Å². The SMILES string of the molecule is CCc1cc(C(C)(C)C#N)ccc1I. The van der Waals surface area contributed by atoms with E-state index in [0.717, 1.165) is 12.0 Å². The van der Waals surface area contributed by atoms with E-state index in [1.807, 2.05) is 19.9 Å². The molecule has 74 valence electrons. The third-order valence-corrected chi connectivity index (χ3v) is 3.48. The molecule has 0 spiro atoms. The maximum absolute atomic E-state index is 9.03. The van der Waals surface area contributed by atoms with Crippen molar-refractivity contribution >= 4 is 22.6 Å². The van der Waals surface area contributed by atoms with E-state index >= 15 is 0 Å². The van der Waals surface area contributed by atoms with E-state index in [9.17, 15) is 0 Å². The zero-order valence-electron chi connectivity index (χ0n) is 8.76. The molecular formula is C12H14IN. The van der Waals surface area contributed by atoms with Gasteiger partial charge in [-0.3, -0.25) is 0 Å². The number of hydrogen-bond acceptors (Lipinski definition) is 1. The molecule has 2 heteroatoms. The first-order chi connectivity index (χ1) is 6.51. The fourth-order valence-electron chi connectivity index (χ4n) is 1.30. The fraction of sp³-hybridized carbons (Fsp3) is 0.417. The Balaban J connectivity index is 3.21. The maximum atomic E-state index is 9.03. The molecule has 0 fully saturated rings. The molecular weight excluding hydrogens is 285 g/mol. The number of hydrogen-bond donors (Lipinski definition) is 0. The first kappa shape index (κ1) is 11.5. The van der Waals surface area contributed by atoms with Crippen molar-refractivity contribution in [1.82, 2.24) is 0 Å². The van der Waals surface area contributed by atoms with E-state index in [1.54, 1.807) is 0 Å². The Kier molecular flexibility index (Phi) is 3.54. The summed E-state index contributed by atoms with van der Waals surface area (Å²) in [7, 11) is 0. The van der Waals surface area contributed by atoms with Gasteiger partial charge in [0.1, 0.15) is 0 Å². The number of aryl methyl sites for hydroxylation is 1. The van der Waals surface area contributed by atoms with Crippen LogP contribution in [-0.4, -0.2) is 0 Å². The van der Waals surface area contributed by atoms with Crippen LogP contribution in [0, 0.1) is 14.9 Å². The zero-order valence-corrected chi connectivity index (χ0v) is 10.9. The molecule has 1 aromatic carbocycles. The third-order valence-electron chi connectivity index (χ3n) is 2.43. The van der Waals surface area contributed by atoms with Crippen LogP contribution in [0.4, 0.5) is 0 Å². The van der Waals surface area contributed by atoms with Crippen LogP contribution < -0.4 is 0 Å². The minimum absolute atomic E-state index is 0.381. The summed E-state index contributed by atoms with van der Waals surface area (Å²) in [6, 6.07) is 8.61. The molecule has 0 saturated carbocycles. The monoisotopic (exact) mass is 299 g/mol. The van der Waals surface area contributed by atoms with Crippen molar-refractivity contribution < 1.29 is 0 Å². The van der Waals surface area contributed by atoms with Crippen molar-refractivity contribution in [2.75, 3.05) is 0 Å². The predicted octanol–water partition coefficient (Wildman–Crippen LogP) is 3.65. The molecule has 0 heterocycles. The van der Waals surface area contributed by atoms with Gasteiger partial charge < -0.3 is 0 Å². The Morgan fingerprint density at radius 3 is 2.57 bits per heavy atom. The van der Waals surface area contributed by atoms with Gasteiger partial charge in [0, 0.05) is 3.57 Å². The van der Waals surface area contributed by atoms with Gasteiger partial charge in [0.05, 0.1) is 11.5 Å². The summed E-state index contributed by atoms with van der Waals surface area (Å²) in [5.41, 5.74) is 2.05. The number of benzene rings is 1. The molecule has 1 nitrogen and oxygen atoms in total. The number of rotatable bonds is 2. The lowest BCUT2D eigenvalue weighted by Crippen LogP contribution is -2.14. The summed E-state index contributed by atoms with van der Waals surface area (Å²) in [4.78, 5) is 0. The molecule has 0 atom stereocenters. The lowest BCUT2D eigenvalue weighted by atomic mass is 9.85. The minimum Gasteiger partial charge on any atom is -0.197 e. The van der Waals surface area contributed by atoms with Crippen LogP contribution in [0.1, 0.15) is 31.9 Å². The number of halogens is 1. The Bertz CT molecular complexity index is 374. The molecule has 0 radical (unpaired) electrons. The predicted molar refractivity (Wildman–Crippen MR) is 67.2 cm³/mol. The van der Waals surface area contributed by atoms with Crippen LogP contribution in [0.25, 0.3) is 0 Å². The van der Waals surface area contributed by atoms with Crippen LogP contribution in [0.2, 0.25) is 0 Å². The molecule has 0 aliphatic carbocycles. The Morgan fingerprint density at radius 2 is 2.07 bits per heavy atom. The van der Waals surface area contributed by atoms with E-state index in [1.165, 1.54) is 9.13 Å². The third kappa shape index (κ3) is 2.27. The highest BCUT2D eigenvalue weighted by Gasteiger charge is 2.20. The van der Waals surface area contributed by atoms with Crippen molar-refractivity contribution in [2.24, 2.45) is 0 Å². The van der Waals surface area contributed by atoms with Crippen molar-refractivity contribution in [3.8, 4) is 6.07 Å². The van der Waals surface area contributed by atoms with Gasteiger partial charge in [-0.1, -0.05) is 19.1 Å². The van der Waals surface area contributed by atoms with Gasteiger partial charge in [0.15, 0.2) is 0 Å². The molecule has 0 aliphatic rings. The Hall–Kier alpha value is -0.560. The molecule has 0 amide bonds. The smallest absolute Gasteiger partial charge is 0.0766 e. The summed E-state index contributed by atoms with van der Waals surface area (Å²) in [6.07, 6.45) is 1.02. The summed E-state index contributed by atoms with van der Waals surface area (Å²) in [5, 5.41) is 9.03. The lowest BCUT2D eigenvalue weighted by molar-refractivity contribution is 0.685. The van der Waals surface area contributed by atoms with E-state index in [0.29, 0.717) is 0 Å². The average molecular weight is 299 g/mol. The molecule has 0 aromatic heterocycles. The van der Waals surface area contributed by atoms with Crippen LogP contribution in [0.5, 0.6) is 0 Å². The van der Waals surface area contributed by atoms with Gasteiger partial charge in [0.2, 0.25) is 0 Å². The summed E-state index contributed by atoms with van der Waals surface area (Å²) in [5.74, 6) is 0. The second-order valence-electron chi connectivity index (χ2n) is 3.90. The highest BCUT2D eigenvalue weighted by Crippen LogP contribution is 2.25. The zero-order chi connectivity index (χ0) is 10.8. The second kappa shape index (κ2) is 4.31. The van der Waals surface area contributed by atoms with Gasteiger partial charge in [0.25, 0.3) is 0 Å². The number of nitrogens with zero attached hydrogens (tertiary/aromatic N) is 1. The standard InChI is InChI=1S/C12H14IN/c1-4-9-7-10(5-6-11(9)13)12(2,3)8-14/h5-7H,4H2,1-3H3. The van der Waals surface area contributed by atoms with Crippen molar-refractivity contribution in [3.05, 3.63) is 32.9 Å². The largest absolute Gasteiger partial charge is 0.197 e. The fourth-order valence-corrected chi connectivity index (χ4v) is 2.02. The van der Waals surface area contributed by atoms with E-state index < -0.39 is 0 Å². The van der Waals surface area contributed by atoms with Crippen LogP contribution in [0.15, 0.2) is 18.2 Å². The first-order valence-corrected chi connectivity index (χ1v) is 5.79. The number of nitriles is 1. The van der Waals surface area contributed by atoms with Crippen LogP contribution in [0.3, 0.4) is 0 Å².